The van der Waals surface area contributed by atoms with E-state index in [9.17, 15) is 0 Å². The fourth-order valence-corrected chi connectivity index (χ4v) is 10.3. The molecule has 0 spiro atoms. The zero-order chi connectivity index (χ0) is 57.7. The zero-order valence-corrected chi connectivity index (χ0v) is 41.8. The molecular formula is C66H43BN6OPt-2. The van der Waals surface area contributed by atoms with Gasteiger partial charge in [0.25, 0.3) is 6.33 Å². The Labute approximate surface area is 464 Å². The van der Waals surface area contributed by atoms with Gasteiger partial charge in [-0.2, -0.15) is 12.1 Å². The van der Waals surface area contributed by atoms with Crippen LogP contribution in [-0.4, -0.2) is 16.7 Å². The Morgan fingerprint density at radius 3 is 1.72 bits per heavy atom. The van der Waals surface area contributed by atoms with Crippen LogP contribution in [0.3, 0.4) is 0 Å². The van der Waals surface area contributed by atoms with Crippen LogP contribution in [0.5, 0.6) is 11.5 Å². The van der Waals surface area contributed by atoms with Gasteiger partial charge in [-0.25, -0.2) is 4.98 Å². The molecule has 75 heavy (non-hydrogen) atoms. The van der Waals surface area contributed by atoms with Crippen LogP contribution in [0, 0.1) is 18.5 Å². The molecule has 2 aliphatic rings. The van der Waals surface area contributed by atoms with Gasteiger partial charge >= 0.3 is 7.12 Å². The molecule has 9 heteroatoms. The molecule has 7 nitrogen and oxygen atoms in total. The van der Waals surface area contributed by atoms with Crippen LogP contribution >= 0.6 is 0 Å². The first-order valence-electron chi connectivity index (χ1n) is 29.0. The monoisotopic (exact) mass is 1150 g/mol. The van der Waals surface area contributed by atoms with Crippen LogP contribution in [0.4, 0.5) is 34.3 Å². The molecule has 10 aromatic carbocycles. The molecule has 0 bridgehead atoms. The van der Waals surface area contributed by atoms with Crippen molar-refractivity contribution in [2.24, 2.45) is 0 Å². The second kappa shape index (κ2) is 19.3. The molecule has 358 valence electrons. The molecule has 0 saturated carbocycles. The van der Waals surface area contributed by atoms with E-state index in [-0.39, 0.29) is 49.0 Å². The summed E-state index contributed by atoms with van der Waals surface area (Å²) >= 11 is 0. The first-order chi connectivity index (χ1) is 40.9. The standard InChI is InChI=1S/C66H43BN6O.Pt/c1-4-22-47(23-5-1)53-34-21-35-54(48-24-6-2-7-25-48)66(53)70-46-69(61-38-16-17-39-62(61)70)50-28-20-29-51(44-50)74-52-41-42-63-64(45-52)73(65-40-18-19-43-68-65)67-71(49-26-8-3-9-27-49)59-36-14-12-32-57(59)55-30-10-11-31-56(55)58-33-13-15-37-60(58)72(63)67;/h1-43H;/q-2;/i1D,2D,4D,5D,6D,7D,22D,23D,24D,25D;. The number of rotatable bonds is 8. The number of benzene rings is 10. The van der Waals surface area contributed by atoms with Gasteiger partial charge < -0.3 is 23.7 Å². The molecule has 0 saturated heterocycles. The smallest absolute Gasteiger partial charge is 0.506 e. The number of aromatic nitrogens is 3. The summed E-state index contributed by atoms with van der Waals surface area (Å²) in [4.78, 5) is 11.9. The predicted octanol–water partition coefficient (Wildman–Crippen LogP) is 15.6. The average Bonchev–Trinajstić information content (AvgIpc) is 2.16. The number of ether oxygens (including phenoxy) is 1. The van der Waals surface area contributed by atoms with Gasteiger partial charge in [-0.1, -0.05) is 199 Å². The number of anilines is 6. The van der Waals surface area contributed by atoms with Gasteiger partial charge in [0.1, 0.15) is 5.82 Å². The van der Waals surface area contributed by atoms with Gasteiger partial charge in [0, 0.05) is 67.0 Å². The van der Waals surface area contributed by atoms with Crippen molar-refractivity contribution < 1.29 is 44.1 Å². The molecule has 0 amide bonds. The summed E-state index contributed by atoms with van der Waals surface area (Å²) < 4.78 is 98.0. The molecule has 0 unspecified atom stereocenters. The minimum absolute atomic E-state index is 0. The van der Waals surface area contributed by atoms with Crippen molar-refractivity contribution in [1.29, 1.82) is 0 Å². The Balaban J connectivity index is 0.00000672. The number of hydrogen-bond donors (Lipinski definition) is 0. The average molecular weight is 1150 g/mol. The third-order valence-electron chi connectivity index (χ3n) is 13.4. The summed E-state index contributed by atoms with van der Waals surface area (Å²) in [6.07, 6.45) is 5.23. The summed E-state index contributed by atoms with van der Waals surface area (Å²) in [6, 6.07) is 65.0. The summed E-state index contributed by atoms with van der Waals surface area (Å²) in [5, 5.41) is 0. The van der Waals surface area contributed by atoms with E-state index in [2.05, 4.69) is 118 Å². The van der Waals surface area contributed by atoms with E-state index in [1.165, 1.54) is 0 Å². The topological polar surface area (TPSA) is 40.7 Å². The number of para-hydroxylation sites is 6. The molecule has 12 aromatic rings. The van der Waals surface area contributed by atoms with Crippen LogP contribution in [-0.2, 0) is 21.1 Å². The van der Waals surface area contributed by atoms with Gasteiger partial charge in [0.05, 0.1) is 30.4 Å². The van der Waals surface area contributed by atoms with Gasteiger partial charge in [0.15, 0.2) is 0 Å². The summed E-state index contributed by atoms with van der Waals surface area (Å²) in [6.45, 7) is 0. The molecule has 2 aromatic heterocycles. The molecule has 4 heterocycles. The van der Waals surface area contributed by atoms with Crippen molar-refractivity contribution in [2.75, 3.05) is 14.4 Å². The van der Waals surface area contributed by atoms with E-state index in [0.29, 0.717) is 39.7 Å². The van der Waals surface area contributed by atoms with Crippen LogP contribution in [0.25, 0.3) is 66.9 Å². The minimum atomic E-state index is -0.580. The molecule has 2 aliphatic heterocycles. The third kappa shape index (κ3) is 7.90. The minimum Gasteiger partial charge on any atom is -0.510 e. The first kappa shape index (κ1) is 35.8. The largest absolute Gasteiger partial charge is 0.510 e. The Bertz CT molecular complexity index is 4530. The van der Waals surface area contributed by atoms with E-state index < -0.39 is 67.5 Å². The predicted molar refractivity (Wildman–Crippen MR) is 299 cm³/mol. The Morgan fingerprint density at radius 1 is 0.467 bits per heavy atom. The fraction of sp³-hybridized carbons (Fsp3) is 0. The maximum atomic E-state index is 9.11. The first-order valence-corrected chi connectivity index (χ1v) is 24.0. The zero-order valence-electron chi connectivity index (χ0n) is 49.5. The molecule has 0 fully saturated rings. The van der Waals surface area contributed by atoms with Gasteiger partial charge in [-0.3, -0.25) is 4.57 Å². The van der Waals surface area contributed by atoms with Crippen molar-refractivity contribution in [3.05, 3.63) is 279 Å². The number of pyridine rings is 1. The van der Waals surface area contributed by atoms with Crippen LogP contribution in [0.2, 0.25) is 0 Å². The third-order valence-corrected chi connectivity index (χ3v) is 13.4. The van der Waals surface area contributed by atoms with Gasteiger partial charge in [-0.15, -0.1) is 30.3 Å². The maximum absolute atomic E-state index is 9.11. The van der Waals surface area contributed by atoms with E-state index in [1.807, 2.05) is 84.9 Å². The van der Waals surface area contributed by atoms with Crippen molar-refractivity contribution in [3.63, 3.8) is 0 Å². The molecule has 0 radical (unpaired) electrons. The maximum Gasteiger partial charge on any atom is 0.506 e. The SMILES string of the molecule is [2H]c1c([2H])c([2H])c(-c2cccc(-c3c([2H])c([2H])c([2H])c([2H])c3[2H])c2-[n+]2[c-]n(-c3[c-]c(Oc4[c-]c5c(cc4)N4B(N5c5ccccn5)N(c5ccccc5)c5ccccc5-c5ccccc5-c5ccccc54)ccc3)c3ccccc32)c([2H])c1[2H].[Pt]. The summed E-state index contributed by atoms with van der Waals surface area (Å²) in [5.41, 5.74) is 10.4. The van der Waals surface area contributed by atoms with Crippen molar-refractivity contribution in [2.45, 2.75) is 0 Å². The van der Waals surface area contributed by atoms with Crippen LogP contribution < -0.4 is 23.7 Å². The number of fused-ring (bicyclic) bond motifs is 10. The number of nitrogens with zero attached hydrogens (tertiary/aromatic N) is 6. The second-order valence-electron chi connectivity index (χ2n) is 17.6. The summed E-state index contributed by atoms with van der Waals surface area (Å²) in [5.74, 6) is 1.38. The molecule has 14 rings (SSSR count). The number of hydrogen-bond acceptors (Lipinski definition) is 5. The fourth-order valence-electron chi connectivity index (χ4n) is 10.3. The molecule has 0 aliphatic carbocycles. The van der Waals surface area contributed by atoms with Crippen molar-refractivity contribution >= 4 is 52.4 Å². The summed E-state index contributed by atoms with van der Waals surface area (Å²) in [7, 11) is -0.578. The van der Waals surface area contributed by atoms with Gasteiger partial charge in [0.2, 0.25) is 0 Å². The molecule has 0 N–H and O–H groups in total. The number of imidazole rings is 1. The second-order valence-corrected chi connectivity index (χ2v) is 17.6. The van der Waals surface area contributed by atoms with E-state index in [1.54, 1.807) is 39.6 Å². The van der Waals surface area contributed by atoms with E-state index in [4.69, 9.17) is 23.4 Å². The van der Waals surface area contributed by atoms with Crippen molar-refractivity contribution in [1.82, 2.24) is 9.55 Å². The van der Waals surface area contributed by atoms with E-state index in [0.717, 1.165) is 45.0 Å². The Morgan fingerprint density at radius 2 is 1.04 bits per heavy atom. The normalized spacial score (nSPS) is 14.2. The quantitative estimate of drug-likeness (QED) is 0.0861. The van der Waals surface area contributed by atoms with Crippen LogP contribution in [0.15, 0.2) is 261 Å². The molecule has 0 atom stereocenters. The van der Waals surface area contributed by atoms with Gasteiger partial charge in [-0.05, 0) is 75.5 Å². The van der Waals surface area contributed by atoms with Crippen molar-refractivity contribution in [3.8, 4) is 67.4 Å². The van der Waals surface area contributed by atoms with Crippen LogP contribution in [0.1, 0.15) is 13.7 Å². The van der Waals surface area contributed by atoms with E-state index >= 15 is 0 Å². The molecular weight excluding hydrogens is 1100 g/mol. The Kier molecular flexibility index (Phi) is 9.23. The Hall–Kier alpha value is -9.23.